The zero-order valence-electron chi connectivity index (χ0n) is 19.9. The van der Waals surface area contributed by atoms with Crippen molar-refractivity contribution in [2.24, 2.45) is 0 Å². The van der Waals surface area contributed by atoms with E-state index in [2.05, 4.69) is 5.32 Å². The molecule has 0 atom stereocenters. The van der Waals surface area contributed by atoms with Gasteiger partial charge in [0.15, 0.2) is 0 Å². The minimum atomic E-state index is -3.90. The Morgan fingerprint density at radius 2 is 1.68 bits per heavy atom. The van der Waals surface area contributed by atoms with Gasteiger partial charge in [0.05, 0.1) is 16.7 Å². The van der Waals surface area contributed by atoms with Gasteiger partial charge in [-0.1, -0.05) is 48.5 Å². The lowest BCUT2D eigenvalue weighted by molar-refractivity contribution is -0.119. The number of para-hydroxylation sites is 1. The highest BCUT2D eigenvalue weighted by molar-refractivity contribution is 7.92. The van der Waals surface area contributed by atoms with Crippen molar-refractivity contribution in [1.82, 2.24) is 5.32 Å². The fourth-order valence-corrected chi connectivity index (χ4v) is 5.12. The highest BCUT2D eigenvalue weighted by Gasteiger charge is 2.27. The second-order valence-electron chi connectivity index (χ2n) is 8.38. The van der Waals surface area contributed by atoms with E-state index in [1.165, 1.54) is 16.4 Å². The lowest BCUT2D eigenvalue weighted by Gasteiger charge is -2.25. The molecule has 0 aliphatic carbocycles. The van der Waals surface area contributed by atoms with Crippen LogP contribution in [-0.2, 0) is 21.2 Å². The first-order valence-corrected chi connectivity index (χ1v) is 12.9. The van der Waals surface area contributed by atoms with Crippen LogP contribution in [0, 0.1) is 6.92 Å². The first-order chi connectivity index (χ1) is 16.3. The van der Waals surface area contributed by atoms with Crippen LogP contribution in [0.2, 0.25) is 0 Å². The third kappa shape index (κ3) is 6.84. The number of rotatable bonds is 11. The van der Waals surface area contributed by atoms with Gasteiger partial charge in [0, 0.05) is 6.54 Å². The summed E-state index contributed by atoms with van der Waals surface area (Å²) < 4.78 is 33.7. The standard InChI is InChI=1S/C27H32N2O4S/c1-21(2)33-24-14-9-12-23(19-24)13-10-18-28-27(30)20-29(26-17-8-7-11-22(26)3)34(31,32)25-15-5-4-6-16-25/h4-9,11-12,14-17,19,21H,10,13,18,20H2,1-3H3,(H,28,30). The molecule has 0 saturated heterocycles. The van der Waals surface area contributed by atoms with Gasteiger partial charge in [0.1, 0.15) is 12.3 Å². The molecule has 3 rings (SSSR count). The van der Waals surface area contributed by atoms with E-state index in [1.54, 1.807) is 30.3 Å². The number of nitrogens with one attached hydrogen (secondary N) is 1. The van der Waals surface area contributed by atoms with Crippen LogP contribution >= 0.6 is 0 Å². The van der Waals surface area contributed by atoms with Gasteiger partial charge in [-0.3, -0.25) is 9.10 Å². The largest absolute Gasteiger partial charge is 0.491 e. The summed E-state index contributed by atoms with van der Waals surface area (Å²) in [5.41, 5.74) is 2.39. The average molecular weight is 481 g/mol. The van der Waals surface area contributed by atoms with Crippen molar-refractivity contribution in [3.63, 3.8) is 0 Å². The zero-order chi connectivity index (χ0) is 24.6. The molecule has 0 heterocycles. The van der Waals surface area contributed by atoms with Gasteiger partial charge in [-0.2, -0.15) is 0 Å². The topological polar surface area (TPSA) is 75.7 Å². The highest BCUT2D eigenvalue weighted by Crippen LogP contribution is 2.26. The summed E-state index contributed by atoms with van der Waals surface area (Å²) in [5.74, 6) is 0.483. The Bertz CT molecular complexity index is 1190. The maximum Gasteiger partial charge on any atom is 0.264 e. The van der Waals surface area contributed by atoms with Crippen LogP contribution in [-0.4, -0.2) is 33.5 Å². The van der Waals surface area contributed by atoms with E-state index in [0.29, 0.717) is 12.2 Å². The summed E-state index contributed by atoms with van der Waals surface area (Å²) in [7, 11) is -3.90. The molecular weight excluding hydrogens is 448 g/mol. The Hall–Kier alpha value is -3.32. The number of nitrogens with zero attached hydrogens (tertiary/aromatic N) is 1. The lowest BCUT2D eigenvalue weighted by atomic mass is 10.1. The van der Waals surface area contributed by atoms with E-state index >= 15 is 0 Å². The van der Waals surface area contributed by atoms with E-state index in [1.807, 2.05) is 57.2 Å². The number of benzene rings is 3. The molecule has 0 aliphatic rings. The number of sulfonamides is 1. The number of anilines is 1. The van der Waals surface area contributed by atoms with Crippen molar-refractivity contribution in [3.05, 3.63) is 90.0 Å². The predicted octanol–water partition coefficient (Wildman–Crippen LogP) is 4.73. The zero-order valence-corrected chi connectivity index (χ0v) is 20.7. The Balaban J connectivity index is 1.65. The Morgan fingerprint density at radius 3 is 2.38 bits per heavy atom. The Kier molecular flexibility index (Phi) is 8.71. The molecule has 0 aromatic heterocycles. The summed E-state index contributed by atoms with van der Waals surface area (Å²) in [6.45, 7) is 5.96. The van der Waals surface area contributed by atoms with Crippen molar-refractivity contribution >= 4 is 21.6 Å². The van der Waals surface area contributed by atoms with Crippen molar-refractivity contribution in [2.75, 3.05) is 17.4 Å². The average Bonchev–Trinajstić information content (AvgIpc) is 2.81. The molecule has 1 N–H and O–H groups in total. The van der Waals surface area contributed by atoms with Crippen molar-refractivity contribution in [2.45, 2.75) is 44.6 Å². The van der Waals surface area contributed by atoms with Gasteiger partial charge in [-0.25, -0.2) is 8.42 Å². The molecule has 3 aromatic rings. The fourth-order valence-electron chi connectivity index (χ4n) is 3.62. The number of aryl methyl sites for hydroxylation is 2. The molecule has 1 amide bonds. The first kappa shape index (κ1) is 25.3. The molecule has 34 heavy (non-hydrogen) atoms. The number of amides is 1. The smallest absolute Gasteiger partial charge is 0.264 e. The molecule has 7 heteroatoms. The van der Waals surface area contributed by atoms with Crippen LogP contribution in [0.1, 0.15) is 31.4 Å². The summed E-state index contributed by atoms with van der Waals surface area (Å²) in [6, 6.07) is 23.3. The van der Waals surface area contributed by atoms with Crippen molar-refractivity contribution < 1.29 is 17.9 Å². The minimum absolute atomic E-state index is 0.109. The SMILES string of the molecule is Cc1ccccc1N(CC(=O)NCCCc1cccc(OC(C)C)c1)S(=O)(=O)c1ccccc1. The number of ether oxygens (including phenoxy) is 1. The van der Waals surface area contributed by atoms with Crippen molar-refractivity contribution in [3.8, 4) is 5.75 Å². The molecular formula is C27H32N2O4S. The van der Waals surface area contributed by atoms with Crippen LogP contribution < -0.4 is 14.4 Å². The highest BCUT2D eigenvalue weighted by atomic mass is 32.2. The predicted molar refractivity (Wildman–Crippen MR) is 136 cm³/mol. The maximum absolute atomic E-state index is 13.4. The molecule has 0 radical (unpaired) electrons. The van der Waals surface area contributed by atoms with Gasteiger partial charge >= 0.3 is 0 Å². The van der Waals surface area contributed by atoms with E-state index in [4.69, 9.17) is 4.74 Å². The molecule has 0 aliphatic heterocycles. The van der Waals surface area contributed by atoms with Crippen LogP contribution in [0.3, 0.4) is 0 Å². The third-order valence-electron chi connectivity index (χ3n) is 5.24. The molecule has 0 spiro atoms. The maximum atomic E-state index is 13.4. The molecule has 0 unspecified atom stereocenters. The van der Waals surface area contributed by atoms with Crippen LogP contribution in [0.4, 0.5) is 5.69 Å². The van der Waals surface area contributed by atoms with Crippen LogP contribution in [0.5, 0.6) is 5.75 Å². The van der Waals surface area contributed by atoms with E-state index < -0.39 is 10.0 Å². The molecule has 6 nitrogen and oxygen atoms in total. The summed E-state index contributed by atoms with van der Waals surface area (Å²) >= 11 is 0. The van der Waals surface area contributed by atoms with Crippen molar-refractivity contribution in [1.29, 1.82) is 0 Å². The number of carbonyl (C=O) groups excluding carboxylic acids is 1. The second kappa shape index (κ2) is 11.7. The Labute approximate surface area is 202 Å². The van der Waals surface area contributed by atoms with Gasteiger partial charge in [0.25, 0.3) is 10.0 Å². The minimum Gasteiger partial charge on any atom is -0.491 e. The number of hydrogen-bond donors (Lipinski definition) is 1. The van der Waals surface area contributed by atoms with E-state index in [9.17, 15) is 13.2 Å². The molecule has 180 valence electrons. The van der Waals surface area contributed by atoms with E-state index in [-0.39, 0.29) is 23.5 Å². The molecule has 3 aromatic carbocycles. The second-order valence-corrected chi connectivity index (χ2v) is 10.2. The van der Waals surface area contributed by atoms with Gasteiger partial charge in [0.2, 0.25) is 5.91 Å². The number of carbonyl (C=O) groups is 1. The third-order valence-corrected chi connectivity index (χ3v) is 7.01. The number of hydrogen-bond acceptors (Lipinski definition) is 4. The molecule has 0 fully saturated rings. The normalized spacial score (nSPS) is 11.3. The summed E-state index contributed by atoms with van der Waals surface area (Å²) in [4.78, 5) is 12.9. The van der Waals surface area contributed by atoms with E-state index in [0.717, 1.165) is 29.7 Å². The molecule has 0 bridgehead atoms. The first-order valence-electron chi connectivity index (χ1n) is 11.4. The van der Waals surface area contributed by atoms with Crippen LogP contribution in [0.15, 0.2) is 83.8 Å². The summed E-state index contributed by atoms with van der Waals surface area (Å²) in [6.07, 6.45) is 1.62. The van der Waals surface area contributed by atoms with Gasteiger partial charge < -0.3 is 10.1 Å². The van der Waals surface area contributed by atoms with Crippen LogP contribution in [0.25, 0.3) is 0 Å². The monoisotopic (exact) mass is 480 g/mol. The summed E-state index contributed by atoms with van der Waals surface area (Å²) in [5, 5.41) is 2.87. The quantitative estimate of drug-likeness (QED) is 0.403. The Morgan fingerprint density at radius 1 is 0.971 bits per heavy atom. The molecule has 0 saturated carbocycles. The van der Waals surface area contributed by atoms with Gasteiger partial charge in [-0.05, 0) is 75.1 Å². The van der Waals surface area contributed by atoms with Gasteiger partial charge in [-0.15, -0.1) is 0 Å². The lowest BCUT2D eigenvalue weighted by Crippen LogP contribution is -2.41. The fraction of sp³-hybridized carbons (Fsp3) is 0.296.